The lowest BCUT2D eigenvalue weighted by atomic mass is 9.98. The van der Waals surface area contributed by atoms with Crippen LogP contribution in [0, 0.1) is 5.41 Å². The molecule has 0 aliphatic carbocycles. The van der Waals surface area contributed by atoms with E-state index in [0.29, 0.717) is 19.4 Å². The highest BCUT2D eigenvalue weighted by Gasteiger charge is 2.19. The number of carbonyl (C=O) groups is 2. The molecule has 1 unspecified atom stereocenters. The maximum atomic E-state index is 11.9. The number of thioether (sulfide) groups is 1. The predicted octanol–water partition coefficient (Wildman–Crippen LogP) is 4.23. The minimum absolute atomic E-state index is 0.0148. The average Bonchev–Trinajstić information content (AvgIpc) is 2.44. The van der Waals surface area contributed by atoms with Crippen LogP contribution in [0.5, 0.6) is 0 Å². The summed E-state index contributed by atoms with van der Waals surface area (Å²) in [4.78, 5) is 23.4. The first-order valence-corrected chi connectivity index (χ1v) is 9.98. The van der Waals surface area contributed by atoms with Gasteiger partial charge in [0.25, 0.3) is 0 Å². The van der Waals surface area contributed by atoms with Crippen LogP contribution in [0.4, 0.5) is 0 Å². The molecule has 0 rings (SSSR count). The zero-order valence-electron chi connectivity index (χ0n) is 17.0. The van der Waals surface area contributed by atoms with Crippen molar-refractivity contribution < 1.29 is 23.8 Å². The second-order valence-corrected chi connectivity index (χ2v) is 10.2. The molecule has 0 heterocycles. The highest BCUT2D eigenvalue weighted by molar-refractivity contribution is 8.00. The molecule has 6 heteroatoms. The third-order valence-corrected chi connectivity index (χ3v) is 4.18. The van der Waals surface area contributed by atoms with Crippen molar-refractivity contribution in [1.29, 1.82) is 0 Å². The second kappa shape index (κ2) is 11.8. The number of hydrogen-bond acceptors (Lipinski definition) is 6. The highest BCUT2D eigenvalue weighted by Crippen LogP contribution is 2.23. The van der Waals surface area contributed by atoms with Gasteiger partial charge in [-0.05, 0) is 11.8 Å². The summed E-state index contributed by atoms with van der Waals surface area (Å²) >= 11 is 1.73. The summed E-state index contributed by atoms with van der Waals surface area (Å²) in [6, 6.07) is 0. The molecule has 0 aliphatic heterocycles. The molecule has 0 bridgehead atoms. The van der Waals surface area contributed by atoms with E-state index in [1.807, 2.05) is 6.92 Å². The van der Waals surface area contributed by atoms with Crippen molar-refractivity contribution in [2.45, 2.75) is 78.6 Å². The van der Waals surface area contributed by atoms with Gasteiger partial charge < -0.3 is 14.2 Å². The molecule has 1 atom stereocenters. The number of esters is 2. The smallest absolute Gasteiger partial charge is 0.306 e. The van der Waals surface area contributed by atoms with E-state index < -0.39 is 6.10 Å². The Labute approximate surface area is 157 Å². The van der Waals surface area contributed by atoms with E-state index >= 15 is 0 Å². The zero-order valence-corrected chi connectivity index (χ0v) is 17.8. The molecule has 148 valence electrons. The number of carbonyl (C=O) groups excluding carboxylic acids is 2. The fourth-order valence-corrected chi connectivity index (χ4v) is 2.55. The molecule has 0 N–H and O–H groups in total. The normalized spacial score (nSPS) is 13.4. The monoisotopic (exact) mass is 376 g/mol. The first-order chi connectivity index (χ1) is 11.4. The topological polar surface area (TPSA) is 61.8 Å². The van der Waals surface area contributed by atoms with Gasteiger partial charge in [-0.2, -0.15) is 11.8 Å². The van der Waals surface area contributed by atoms with Gasteiger partial charge in [0.2, 0.25) is 0 Å². The molecule has 25 heavy (non-hydrogen) atoms. The van der Waals surface area contributed by atoms with Crippen LogP contribution in [0.1, 0.15) is 67.7 Å². The standard InChI is InChI=1S/C19H36O5S/c1-8-9-16(20)22-12-15(24-14-18(2,3)4)13-23-17(21)10-11-25-19(5,6)7/h15H,8-14H2,1-7H3. The van der Waals surface area contributed by atoms with Gasteiger partial charge in [-0.3, -0.25) is 9.59 Å². The summed E-state index contributed by atoms with van der Waals surface area (Å²) in [5.41, 5.74) is -0.0148. The quantitative estimate of drug-likeness (QED) is 0.503. The fourth-order valence-electron chi connectivity index (χ4n) is 1.67. The number of rotatable bonds is 11. The largest absolute Gasteiger partial charge is 0.463 e. The maximum Gasteiger partial charge on any atom is 0.306 e. The molecule has 0 aromatic heterocycles. The summed E-state index contributed by atoms with van der Waals surface area (Å²) in [5, 5.41) is 0. The Kier molecular flexibility index (Phi) is 11.4. The van der Waals surface area contributed by atoms with E-state index in [9.17, 15) is 9.59 Å². The first kappa shape index (κ1) is 24.2. The summed E-state index contributed by atoms with van der Waals surface area (Å²) < 4.78 is 16.4. The minimum atomic E-state index is -0.431. The number of hydrogen-bond donors (Lipinski definition) is 0. The summed E-state index contributed by atoms with van der Waals surface area (Å²) in [7, 11) is 0. The Bertz CT molecular complexity index is 396. The van der Waals surface area contributed by atoms with Gasteiger partial charge in [0.15, 0.2) is 0 Å². The molecule has 0 spiro atoms. The van der Waals surface area contributed by atoms with Crippen LogP contribution in [0.15, 0.2) is 0 Å². The van der Waals surface area contributed by atoms with E-state index in [1.165, 1.54) is 0 Å². The van der Waals surface area contributed by atoms with Crippen LogP contribution in [0.3, 0.4) is 0 Å². The van der Waals surface area contributed by atoms with E-state index in [-0.39, 0.29) is 35.3 Å². The molecule has 0 aliphatic rings. The van der Waals surface area contributed by atoms with E-state index in [0.717, 1.165) is 12.2 Å². The molecular weight excluding hydrogens is 340 g/mol. The van der Waals surface area contributed by atoms with Crippen LogP contribution < -0.4 is 0 Å². The predicted molar refractivity (Wildman–Crippen MR) is 103 cm³/mol. The Morgan fingerprint density at radius 2 is 1.44 bits per heavy atom. The van der Waals surface area contributed by atoms with Gasteiger partial charge in [0, 0.05) is 16.9 Å². The van der Waals surface area contributed by atoms with E-state index in [2.05, 4.69) is 41.5 Å². The SMILES string of the molecule is CCCC(=O)OCC(COC(=O)CCSC(C)(C)C)OCC(C)(C)C. The Hall–Kier alpha value is -0.750. The van der Waals surface area contributed by atoms with Crippen molar-refractivity contribution >= 4 is 23.7 Å². The van der Waals surface area contributed by atoms with Gasteiger partial charge in [-0.25, -0.2) is 0 Å². The van der Waals surface area contributed by atoms with Crippen molar-refractivity contribution in [3.63, 3.8) is 0 Å². The second-order valence-electron chi connectivity index (χ2n) is 8.32. The third-order valence-electron chi connectivity index (χ3n) is 2.91. The molecule has 0 saturated carbocycles. The summed E-state index contributed by atoms with van der Waals surface area (Å²) in [6.07, 6.45) is 1.06. The molecule has 0 fully saturated rings. The van der Waals surface area contributed by atoms with Crippen molar-refractivity contribution in [2.24, 2.45) is 5.41 Å². The van der Waals surface area contributed by atoms with Gasteiger partial charge in [0.1, 0.15) is 19.3 Å². The summed E-state index contributed by atoms with van der Waals surface area (Å²) in [5.74, 6) is 0.224. The lowest BCUT2D eigenvalue weighted by Gasteiger charge is -2.24. The van der Waals surface area contributed by atoms with Crippen molar-refractivity contribution in [1.82, 2.24) is 0 Å². The molecule has 0 aromatic rings. The van der Waals surface area contributed by atoms with Crippen molar-refractivity contribution in [3.8, 4) is 0 Å². The number of ether oxygens (including phenoxy) is 3. The zero-order chi connectivity index (χ0) is 19.5. The first-order valence-electron chi connectivity index (χ1n) is 9.00. The molecule has 5 nitrogen and oxygen atoms in total. The molecule has 0 saturated heterocycles. The van der Waals surface area contributed by atoms with Crippen molar-refractivity contribution in [2.75, 3.05) is 25.6 Å². The van der Waals surface area contributed by atoms with Gasteiger partial charge in [-0.15, -0.1) is 0 Å². The lowest BCUT2D eigenvalue weighted by Crippen LogP contribution is -2.31. The Balaban J connectivity index is 4.31. The van der Waals surface area contributed by atoms with E-state index in [1.54, 1.807) is 11.8 Å². The highest BCUT2D eigenvalue weighted by atomic mass is 32.2. The molecule has 0 amide bonds. The van der Waals surface area contributed by atoms with E-state index in [4.69, 9.17) is 14.2 Å². The lowest BCUT2D eigenvalue weighted by molar-refractivity contribution is -0.156. The van der Waals surface area contributed by atoms with Crippen molar-refractivity contribution in [3.05, 3.63) is 0 Å². The van der Waals surface area contributed by atoms with Crippen LogP contribution in [0.2, 0.25) is 0 Å². The van der Waals surface area contributed by atoms with Crippen LogP contribution in [-0.4, -0.2) is 48.4 Å². The molecular formula is C19H36O5S. The minimum Gasteiger partial charge on any atom is -0.463 e. The average molecular weight is 377 g/mol. The third kappa shape index (κ3) is 16.5. The summed E-state index contributed by atoms with van der Waals surface area (Å²) in [6.45, 7) is 15.2. The Morgan fingerprint density at radius 3 is 1.88 bits per heavy atom. The van der Waals surface area contributed by atoms with Crippen LogP contribution >= 0.6 is 11.8 Å². The van der Waals surface area contributed by atoms with Gasteiger partial charge >= 0.3 is 11.9 Å². The van der Waals surface area contributed by atoms with Crippen LogP contribution in [0.25, 0.3) is 0 Å². The maximum absolute atomic E-state index is 11.9. The van der Waals surface area contributed by atoms with Gasteiger partial charge in [-0.1, -0.05) is 48.5 Å². The Morgan fingerprint density at radius 1 is 0.920 bits per heavy atom. The molecule has 0 aromatic carbocycles. The van der Waals surface area contributed by atoms with Gasteiger partial charge in [0.05, 0.1) is 13.0 Å². The molecule has 0 radical (unpaired) electrons. The van der Waals surface area contributed by atoms with Crippen LogP contribution in [-0.2, 0) is 23.8 Å². The fraction of sp³-hybridized carbons (Fsp3) is 0.895.